The summed E-state index contributed by atoms with van der Waals surface area (Å²) in [5.74, 6) is 0.969. The van der Waals surface area contributed by atoms with Gasteiger partial charge in [-0.25, -0.2) is 0 Å². The molecule has 0 aromatic heterocycles. The summed E-state index contributed by atoms with van der Waals surface area (Å²) in [4.78, 5) is 4.86. The average Bonchev–Trinajstić information content (AvgIpc) is 2.60. The monoisotopic (exact) mass is 337 g/mol. The summed E-state index contributed by atoms with van der Waals surface area (Å²) in [5, 5.41) is 4.19. The lowest BCUT2D eigenvalue weighted by atomic mass is 10.1. The molecule has 0 aliphatic carbocycles. The zero-order valence-electron chi connectivity index (χ0n) is 14.1. The van der Waals surface area contributed by atoms with Crippen molar-refractivity contribution in [2.45, 2.75) is 26.2 Å². The maximum Gasteiger partial charge on any atom is 0.147 e. The van der Waals surface area contributed by atoms with Gasteiger partial charge in [0.25, 0.3) is 0 Å². The number of rotatable bonds is 5. The molecule has 2 heterocycles. The topological polar surface area (TPSA) is 27.7 Å². The molecular weight excluding hydrogens is 310 g/mol. The summed E-state index contributed by atoms with van der Waals surface area (Å²) in [5.41, 5.74) is 2.24. The third kappa shape index (κ3) is 4.31. The number of benzene rings is 1. The molecule has 0 spiro atoms. The molecule has 1 N–H and O–H groups in total. The van der Waals surface area contributed by atoms with E-state index in [9.17, 15) is 0 Å². The van der Waals surface area contributed by atoms with E-state index in [1.807, 2.05) is 6.07 Å². The standard InChI is InChI=1S/C18H28ClN3O/c1-15-5-6-16(19)17(22-11-7-20-8-12-22)18(15)23-14-13-21-9-3-2-4-10-21/h5-6,20H,2-4,7-14H2,1H3. The molecule has 0 unspecified atom stereocenters. The van der Waals surface area contributed by atoms with Crippen molar-refractivity contribution >= 4 is 17.3 Å². The van der Waals surface area contributed by atoms with Crippen molar-refractivity contribution in [3.63, 3.8) is 0 Å². The van der Waals surface area contributed by atoms with Crippen molar-refractivity contribution in [3.05, 3.63) is 22.7 Å². The second-order valence-electron chi connectivity index (χ2n) is 6.53. The summed E-state index contributed by atoms with van der Waals surface area (Å²) in [6, 6.07) is 4.05. The predicted octanol–water partition coefficient (Wildman–Crippen LogP) is 2.92. The number of nitrogens with one attached hydrogen (secondary N) is 1. The van der Waals surface area contributed by atoms with E-state index in [0.29, 0.717) is 0 Å². The number of likely N-dealkylation sites (tertiary alicyclic amines) is 1. The summed E-state index contributed by atoms with van der Waals surface area (Å²) in [7, 11) is 0. The maximum absolute atomic E-state index is 6.51. The Hall–Kier alpha value is -0.970. The number of ether oxygens (including phenoxy) is 1. The first kappa shape index (κ1) is 16.9. The lowest BCUT2D eigenvalue weighted by Crippen LogP contribution is -2.44. The van der Waals surface area contributed by atoms with E-state index in [4.69, 9.17) is 16.3 Å². The smallest absolute Gasteiger partial charge is 0.147 e. The Morgan fingerprint density at radius 2 is 1.83 bits per heavy atom. The lowest BCUT2D eigenvalue weighted by molar-refractivity contribution is 0.183. The van der Waals surface area contributed by atoms with E-state index >= 15 is 0 Å². The first-order valence-electron chi connectivity index (χ1n) is 8.85. The molecule has 128 valence electrons. The number of halogens is 1. The second kappa shape index (κ2) is 8.22. The van der Waals surface area contributed by atoms with Crippen LogP contribution in [0.2, 0.25) is 5.02 Å². The molecule has 0 bridgehead atoms. The molecule has 4 nitrogen and oxygen atoms in total. The van der Waals surface area contributed by atoms with E-state index in [1.54, 1.807) is 0 Å². The Bertz CT molecular complexity index is 511. The van der Waals surface area contributed by atoms with Gasteiger partial charge in [-0.2, -0.15) is 0 Å². The lowest BCUT2D eigenvalue weighted by Gasteiger charge is -2.32. The molecule has 3 rings (SSSR count). The Morgan fingerprint density at radius 3 is 2.57 bits per heavy atom. The number of nitrogens with zero attached hydrogens (tertiary/aromatic N) is 2. The summed E-state index contributed by atoms with van der Waals surface area (Å²) in [6.07, 6.45) is 4.02. The van der Waals surface area contributed by atoms with Crippen molar-refractivity contribution in [2.75, 3.05) is 57.3 Å². The first-order valence-corrected chi connectivity index (χ1v) is 9.23. The highest BCUT2D eigenvalue weighted by Crippen LogP contribution is 2.38. The predicted molar refractivity (Wildman–Crippen MR) is 97.1 cm³/mol. The van der Waals surface area contributed by atoms with E-state index in [0.717, 1.165) is 55.8 Å². The molecule has 2 aliphatic rings. The molecule has 2 saturated heterocycles. The van der Waals surface area contributed by atoms with Crippen LogP contribution in [0.15, 0.2) is 12.1 Å². The summed E-state index contributed by atoms with van der Waals surface area (Å²) >= 11 is 6.51. The highest BCUT2D eigenvalue weighted by Gasteiger charge is 2.20. The SMILES string of the molecule is Cc1ccc(Cl)c(N2CCNCC2)c1OCCN1CCCCC1. The number of anilines is 1. The zero-order chi connectivity index (χ0) is 16.1. The largest absolute Gasteiger partial charge is 0.490 e. The molecule has 0 atom stereocenters. The fraction of sp³-hybridized carbons (Fsp3) is 0.667. The van der Waals surface area contributed by atoms with Gasteiger partial charge in [-0.05, 0) is 44.5 Å². The Morgan fingerprint density at radius 1 is 1.09 bits per heavy atom. The molecule has 1 aromatic rings. The number of hydrogen-bond donors (Lipinski definition) is 1. The van der Waals surface area contributed by atoms with Gasteiger partial charge < -0.3 is 15.0 Å². The maximum atomic E-state index is 6.51. The van der Waals surface area contributed by atoms with Crippen LogP contribution in [0.25, 0.3) is 0 Å². The van der Waals surface area contributed by atoms with E-state index in [1.165, 1.54) is 37.9 Å². The Labute approximate surface area is 144 Å². The molecule has 0 amide bonds. The van der Waals surface area contributed by atoms with Crippen LogP contribution in [0.3, 0.4) is 0 Å². The third-order valence-electron chi connectivity index (χ3n) is 4.81. The molecule has 2 aliphatic heterocycles. The normalized spacial score (nSPS) is 19.8. The molecular formula is C18H28ClN3O. The number of piperazine rings is 1. The van der Waals surface area contributed by atoms with Gasteiger partial charge in [-0.1, -0.05) is 24.1 Å². The quantitative estimate of drug-likeness (QED) is 0.894. The van der Waals surface area contributed by atoms with Crippen LogP contribution in [0.5, 0.6) is 5.75 Å². The van der Waals surface area contributed by atoms with Crippen LogP contribution in [0.1, 0.15) is 24.8 Å². The average molecular weight is 338 g/mol. The van der Waals surface area contributed by atoms with Crippen LogP contribution in [0, 0.1) is 6.92 Å². The second-order valence-corrected chi connectivity index (χ2v) is 6.94. The van der Waals surface area contributed by atoms with E-state index in [-0.39, 0.29) is 0 Å². The van der Waals surface area contributed by atoms with Crippen molar-refractivity contribution in [3.8, 4) is 5.75 Å². The number of hydrogen-bond acceptors (Lipinski definition) is 4. The van der Waals surface area contributed by atoms with Gasteiger partial charge in [0.05, 0.1) is 10.7 Å². The molecule has 1 aromatic carbocycles. The molecule has 5 heteroatoms. The minimum atomic E-state index is 0.736. The number of piperidine rings is 1. The third-order valence-corrected chi connectivity index (χ3v) is 5.12. The Balaban J connectivity index is 1.68. The Kier molecular flexibility index (Phi) is 6.03. The van der Waals surface area contributed by atoms with E-state index in [2.05, 4.69) is 28.1 Å². The van der Waals surface area contributed by atoms with Gasteiger partial charge in [0, 0.05) is 32.7 Å². The van der Waals surface area contributed by atoms with E-state index < -0.39 is 0 Å². The van der Waals surface area contributed by atoms with Crippen LogP contribution in [-0.4, -0.2) is 57.3 Å². The van der Waals surface area contributed by atoms with Crippen molar-refractivity contribution < 1.29 is 4.74 Å². The van der Waals surface area contributed by atoms with Gasteiger partial charge in [-0.3, -0.25) is 4.90 Å². The van der Waals surface area contributed by atoms with Gasteiger partial charge in [0.2, 0.25) is 0 Å². The summed E-state index contributed by atoms with van der Waals surface area (Å²) in [6.45, 7) is 10.2. The van der Waals surface area contributed by atoms with Gasteiger partial charge in [0.15, 0.2) is 0 Å². The number of aryl methyl sites for hydroxylation is 1. The first-order chi connectivity index (χ1) is 11.3. The highest BCUT2D eigenvalue weighted by atomic mass is 35.5. The van der Waals surface area contributed by atoms with Crippen molar-refractivity contribution in [1.82, 2.24) is 10.2 Å². The van der Waals surface area contributed by atoms with Crippen LogP contribution >= 0.6 is 11.6 Å². The fourth-order valence-electron chi connectivity index (χ4n) is 3.47. The molecule has 0 saturated carbocycles. The fourth-order valence-corrected chi connectivity index (χ4v) is 3.74. The van der Waals surface area contributed by atoms with Crippen LogP contribution < -0.4 is 15.0 Å². The molecule has 2 fully saturated rings. The minimum Gasteiger partial charge on any atom is -0.490 e. The molecule has 0 radical (unpaired) electrons. The van der Waals surface area contributed by atoms with Gasteiger partial charge in [-0.15, -0.1) is 0 Å². The highest BCUT2D eigenvalue weighted by molar-refractivity contribution is 6.33. The van der Waals surface area contributed by atoms with Crippen molar-refractivity contribution in [1.29, 1.82) is 0 Å². The van der Waals surface area contributed by atoms with Crippen LogP contribution in [-0.2, 0) is 0 Å². The minimum absolute atomic E-state index is 0.736. The van der Waals surface area contributed by atoms with Crippen molar-refractivity contribution in [2.24, 2.45) is 0 Å². The zero-order valence-corrected chi connectivity index (χ0v) is 14.9. The van der Waals surface area contributed by atoms with Crippen LogP contribution in [0.4, 0.5) is 5.69 Å². The van der Waals surface area contributed by atoms with Gasteiger partial charge in [0.1, 0.15) is 12.4 Å². The molecule has 23 heavy (non-hydrogen) atoms. The van der Waals surface area contributed by atoms with Gasteiger partial charge >= 0.3 is 0 Å². The summed E-state index contributed by atoms with van der Waals surface area (Å²) < 4.78 is 6.22.